The molecule has 0 rings (SSSR count). The van der Waals surface area contributed by atoms with E-state index in [1.54, 1.807) is 35.5 Å². The van der Waals surface area contributed by atoms with Gasteiger partial charge in [-0.1, -0.05) is 12.8 Å². The van der Waals surface area contributed by atoms with Gasteiger partial charge in [0.05, 0.1) is 0 Å². The molecule has 0 aliphatic heterocycles. The quantitative estimate of drug-likeness (QED) is 0.334. The second-order valence-corrected chi connectivity index (χ2v) is 12.5. The van der Waals surface area contributed by atoms with Crippen LogP contribution in [0, 0.1) is 0 Å². The highest BCUT2D eigenvalue weighted by Gasteiger charge is 2.36. The molecule has 0 spiro atoms. The molecule has 0 aliphatic rings. The lowest BCUT2D eigenvalue weighted by Crippen LogP contribution is -2.42. The predicted molar refractivity (Wildman–Crippen MR) is 98.0 cm³/mol. The van der Waals surface area contributed by atoms with Gasteiger partial charge in [-0.2, -0.15) is 0 Å². The molecular formula is C15H37NO5Si2. The van der Waals surface area contributed by atoms with Crippen molar-refractivity contribution in [2.45, 2.75) is 50.7 Å². The van der Waals surface area contributed by atoms with Gasteiger partial charge in [-0.15, -0.1) is 0 Å². The van der Waals surface area contributed by atoms with E-state index in [1.807, 2.05) is 0 Å². The first kappa shape index (κ1) is 23.2. The lowest BCUT2D eigenvalue weighted by Gasteiger charge is -2.24. The third kappa shape index (κ3) is 9.93. The Morgan fingerprint density at radius 1 is 0.609 bits per heavy atom. The van der Waals surface area contributed by atoms with E-state index >= 15 is 0 Å². The van der Waals surface area contributed by atoms with Crippen LogP contribution in [0.1, 0.15) is 32.1 Å². The summed E-state index contributed by atoms with van der Waals surface area (Å²) in [6.07, 6.45) is 5.80. The molecule has 0 unspecified atom stereocenters. The van der Waals surface area contributed by atoms with E-state index in [9.17, 15) is 0 Å². The Hall–Kier alpha value is 0.194. The fourth-order valence-corrected chi connectivity index (χ4v) is 5.64. The van der Waals surface area contributed by atoms with Gasteiger partial charge in [0, 0.05) is 41.6 Å². The zero-order valence-electron chi connectivity index (χ0n) is 15.9. The van der Waals surface area contributed by atoms with E-state index in [-0.39, 0.29) is 0 Å². The minimum absolute atomic E-state index is 0.890. The molecule has 0 aliphatic carbocycles. The molecular weight excluding hydrogens is 330 g/mol. The maximum Gasteiger partial charge on any atom is 0.500 e. The van der Waals surface area contributed by atoms with E-state index in [0.29, 0.717) is 0 Å². The van der Waals surface area contributed by atoms with Crippen LogP contribution in [0.2, 0.25) is 18.6 Å². The molecule has 8 heteroatoms. The Bertz CT molecular complexity index is 268. The first-order valence-corrected chi connectivity index (χ1v) is 12.9. The Labute approximate surface area is 144 Å². The molecule has 0 radical (unpaired) electrons. The molecule has 0 bridgehead atoms. The fourth-order valence-electron chi connectivity index (χ4n) is 2.45. The van der Waals surface area contributed by atoms with E-state index in [4.69, 9.17) is 22.1 Å². The van der Waals surface area contributed by atoms with Crippen LogP contribution < -0.4 is 5.32 Å². The zero-order valence-corrected chi connectivity index (χ0v) is 17.9. The van der Waals surface area contributed by atoms with Crippen molar-refractivity contribution < 1.29 is 22.1 Å². The summed E-state index contributed by atoms with van der Waals surface area (Å²) in [5.74, 6) is 0. The first-order valence-electron chi connectivity index (χ1n) is 8.48. The lowest BCUT2D eigenvalue weighted by atomic mass is 10.2. The highest BCUT2D eigenvalue weighted by molar-refractivity contribution is 6.65. The van der Waals surface area contributed by atoms with Crippen molar-refractivity contribution in [2.24, 2.45) is 0 Å². The summed E-state index contributed by atoms with van der Waals surface area (Å²) in [7, 11) is 4.26. The second-order valence-electron chi connectivity index (χ2n) is 5.86. The van der Waals surface area contributed by atoms with Gasteiger partial charge < -0.3 is 27.4 Å². The molecule has 0 saturated carbocycles. The Morgan fingerprint density at radius 3 is 1.65 bits per heavy atom. The molecule has 0 atom stereocenters. The summed E-state index contributed by atoms with van der Waals surface area (Å²) in [6, 6.07) is 1.92. The molecule has 23 heavy (non-hydrogen) atoms. The molecule has 6 nitrogen and oxygen atoms in total. The topological polar surface area (TPSA) is 58.2 Å². The van der Waals surface area contributed by atoms with E-state index < -0.39 is 17.4 Å². The standard InChI is InChI=1S/C15H37NO5Si2/c1-17-22(6,18-2)14-11-13-16-12-9-7-8-10-15-23(19-3,20-4)21-5/h16H,7-15H2,1-6H3. The fraction of sp³-hybridized carbons (Fsp3) is 1.00. The zero-order chi connectivity index (χ0) is 17.6. The Balaban J connectivity index is 3.50. The second kappa shape index (κ2) is 13.5. The van der Waals surface area contributed by atoms with Crippen molar-refractivity contribution in [2.75, 3.05) is 48.6 Å². The molecule has 1 N–H and O–H groups in total. The van der Waals surface area contributed by atoms with Crippen LogP contribution in [0.15, 0.2) is 0 Å². The van der Waals surface area contributed by atoms with E-state index in [0.717, 1.165) is 38.0 Å². The summed E-state index contributed by atoms with van der Waals surface area (Å²) in [5, 5.41) is 3.49. The first-order chi connectivity index (χ1) is 11.0. The normalized spacial score (nSPS) is 12.8. The average Bonchev–Trinajstić information content (AvgIpc) is 2.60. The molecule has 0 aromatic rings. The third-order valence-electron chi connectivity index (χ3n) is 4.37. The SMILES string of the molecule is CO[Si](C)(CCCNCCCCCC[Si](OC)(OC)OC)OC. The van der Waals surface area contributed by atoms with Crippen molar-refractivity contribution in [1.82, 2.24) is 5.32 Å². The van der Waals surface area contributed by atoms with E-state index in [1.165, 1.54) is 19.3 Å². The van der Waals surface area contributed by atoms with Gasteiger partial charge in [0.25, 0.3) is 0 Å². The van der Waals surface area contributed by atoms with Crippen LogP contribution in [0.4, 0.5) is 0 Å². The van der Waals surface area contributed by atoms with Crippen molar-refractivity contribution in [3.05, 3.63) is 0 Å². The summed E-state index contributed by atoms with van der Waals surface area (Å²) in [4.78, 5) is 0. The molecule has 0 fully saturated rings. The van der Waals surface area contributed by atoms with Crippen molar-refractivity contribution >= 4 is 17.4 Å². The van der Waals surface area contributed by atoms with Crippen molar-refractivity contribution in [1.29, 1.82) is 0 Å². The van der Waals surface area contributed by atoms with Gasteiger partial charge in [-0.05, 0) is 44.9 Å². The molecule has 0 saturated heterocycles. The van der Waals surface area contributed by atoms with Crippen LogP contribution in [0.5, 0.6) is 0 Å². The van der Waals surface area contributed by atoms with Gasteiger partial charge in [-0.25, -0.2) is 0 Å². The molecule has 140 valence electrons. The van der Waals surface area contributed by atoms with Crippen molar-refractivity contribution in [3.8, 4) is 0 Å². The van der Waals surface area contributed by atoms with Gasteiger partial charge in [0.1, 0.15) is 0 Å². The maximum absolute atomic E-state index is 5.48. The summed E-state index contributed by atoms with van der Waals surface area (Å²) >= 11 is 0. The minimum atomic E-state index is -2.36. The number of rotatable bonds is 16. The predicted octanol–water partition coefficient (Wildman–Crippen LogP) is 2.77. The lowest BCUT2D eigenvalue weighted by molar-refractivity contribution is 0.122. The number of unbranched alkanes of at least 4 members (excludes halogenated alkanes) is 3. The van der Waals surface area contributed by atoms with Gasteiger partial charge in [0.2, 0.25) is 0 Å². The molecule has 0 amide bonds. The average molecular weight is 368 g/mol. The molecule has 0 aromatic heterocycles. The van der Waals surface area contributed by atoms with Crippen molar-refractivity contribution in [3.63, 3.8) is 0 Å². The molecule has 0 aromatic carbocycles. The van der Waals surface area contributed by atoms with Crippen LogP contribution in [0.3, 0.4) is 0 Å². The summed E-state index contributed by atoms with van der Waals surface area (Å²) < 4.78 is 27.2. The van der Waals surface area contributed by atoms with Crippen LogP contribution in [-0.2, 0) is 22.1 Å². The Morgan fingerprint density at radius 2 is 1.13 bits per heavy atom. The minimum Gasteiger partial charge on any atom is -0.398 e. The summed E-state index contributed by atoms with van der Waals surface area (Å²) in [6.45, 7) is 4.21. The molecule has 0 heterocycles. The van der Waals surface area contributed by atoms with E-state index in [2.05, 4.69) is 11.9 Å². The largest absolute Gasteiger partial charge is 0.500 e. The van der Waals surface area contributed by atoms with Gasteiger partial charge in [-0.3, -0.25) is 0 Å². The van der Waals surface area contributed by atoms with Crippen LogP contribution >= 0.6 is 0 Å². The smallest absolute Gasteiger partial charge is 0.398 e. The van der Waals surface area contributed by atoms with Crippen LogP contribution in [0.25, 0.3) is 0 Å². The number of nitrogens with one attached hydrogen (secondary N) is 1. The maximum atomic E-state index is 5.48. The number of hydrogen-bond acceptors (Lipinski definition) is 6. The number of hydrogen-bond donors (Lipinski definition) is 1. The third-order valence-corrected chi connectivity index (χ3v) is 10.2. The van der Waals surface area contributed by atoms with Gasteiger partial charge in [0.15, 0.2) is 0 Å². The van der Waals surface area contributed by atoms with Gasteiger partial charge >= 0.3 is 17.4 Å². The highest BCUT2D eigenvalue weighted by atomic mass is 28.4. The highest BCUT2D eigenvalue weighted by Crippen LogP contribution is 2.17. The summed E-state index contributed by atoms with van der Waals surface area (Å²) in [5.41, 5.74) is 0. The monoisotopic (exact) mass is 367 g/mol. The van der Waals surface area contributed by atoms with Crippen LogP contribution in [-0.4, -0.2) is 66.0 Å². The Kier molecular flexibility index (Phi) is 13.6.